The molecule has 1 saturated heterocycles. The van der Waals surface area contributed by atoms with E-state index in [-0.39, 0.29) is 0 Å². The van der Waals surface area contributed by atoms with Crippen molar-refractivity contribution in [1.82, 2.24) is 10.3 Å². The highest BCUT2D eigenvalue weighted by atomic mass is 32.1. The van der Waals surface area contributed by atoms with Crippen LogP contribution in [0.1, 0.15) is 35.9 Å². The average Bonchev–Trinajstić information content (AvgIpc) is 2.65. The van der Waals surface area contributed by atoms with E-state index in [2.05, 4.69) is 24.1 Å². The highest BCUT2D eigenvalue weighted by molar-refractivity contribution is 7.80. The molecule has 2 N–H and O–H groups in total. The van der Waals surface area contributed by atoms with Crippen LogP contribution in [0.4, 0.5) is 0 Å². The largest absolute Gasteiger partial charge is 0.362 e. The second-order valence-electron chi connectivity index (χ2n) is 5.36. The summed E-state index contributed by atoms with van der Waals surface area (Å²) in [7, 11) is 0. The van der Waals surface area contributed by atoms with Gasteiger partial charge in [0.05, 0.1) is 0 Å². The van der Waals surface area contributed by atoms with Gasteiger partial charge in [0, 0.05) is 34.3 Å². The number of hydrogen-bond donors (Lipinski definition) is 2. The highest BCUT2D eigenvalue weighted by Crippen LogP contribution is 2.36. The van der Waals surface area contributed by atoms with Crippen molar-refractivity contribution in [2.24, 2.45) is 11.8 Å². The molecule has 0 saturated carbocycles. The molecule has 2 unspecified atom stereocenters. The quantitative estimate of drug-likeness (QED) is 0.747. The first-order chi connectivity index (χ1) is 8.22. The Balaban J connectivity index is 2.06. The van der Waals surface area contributed by atoms with Gasteiger partial charge in [0.1, 0.15) is 0 Å². The maximum atomic E-state index is 5.77. The van der Waals surface area contributed by atoms with Crippen LogP contribution >= 0.6 is 12.2 Å². The summed E-state index contributed by atoms with van der Waals surface area (Å²) in [6.07, 6.45) is 3.55. The topological polar surface area (TPSA) is 27.8 Å². The Kier molecular flexibility index (Phi) is 2.83. The molecule has 17 heavy (non-hydrogen) atoms. The van der Waals surface area contributed by atoms with Gasteiger partial charge in [0.25, 0.3) is 0 Å². The molecule has 0 bridgehead atoms. The van der Waals surface area contributed by atoms with E-state index in [4.69, 9.17) is 12.2 Å². The van der Waals surface area contributed by atoms with Crippen LogP contribution in [0.2, 0.25) is 0 Å². The lowest BCUT2D eigenvalue weighted by Gasteiger charge is -2.36. The SMILES string of the molecule is CCc1c(C)[nH]c2c1C(=S)C1CNCCC1C2. The van der Waals surface area contributed by atoms with Crippen molar-refractivity contribution in [2.45, 2.75) is 33.1 Å². The summed E-state index contributed by atoms with van der Waals surface area (Å²) in [6.45, 7) is 6.64. The fourth-order valence-corrected chi connectivity index (χ4v) is 4.06. The zero-order valence-electron chi connectivity index (χ0n) is 10.6. The van der Waals surface area contributed by atoms with Gasteiger partial charge in [-0.15, -0.1) is 0 Å². The number of aromatic amines is 1. The molecule has 1 aliphatic heterocycles. The Labute approximate surface area is 108 Å². The van der Waals surface area contributed by atoms with E-state index in [0.29, 0.717) is 5.92 Å². The first-order valence-electron chi connectivity index (χ1n) is 6.67. The molecule has 1 aliphatic carbocycles. The first-order valence-corrected chi connectivity index (χ1v) is 7.08. The molecule has 3 heteroatoms. The summed E-state index contributed by atoms with van der Waals surface area (Å²) in [5, 5.41) is 3.49. The number of nitrogens with one attached hydrogen (secondary N) is 2. The lowest BCUT2D eigenvalue weighted by atomic mass is 9.74. The number of aromatic nitrogens is 1. The Morgan fingerprint density at radius 2 is 2.24 bits per heavy atom. The zero-order chi connectivity index (χ0) is 12.0. The molecule has 2 aliphatic rings. The third-order valence-electron chi connectivity index (χ3n) is 4.42. The Bertz CT molecular complexity index is 461. The monoisotopic (exact) mass is 248 g/mol. The molecule has 0 aromatic carbocycles. The van der Waals surface area contributed by atoms with Gasteiger partial charge < -0.3 is 10.3 Å². The molecule has 0 spiro atoms. The third-order valence-corrected chi connectivity index (χ3v) is 4.93. The van der Waals surface area contributed by atoms with Crippen molar-refractivity contribution in [3.63, 3.8) is 0 Å². The van der Waals surface area contributed by atoms with Crippen molar-refractivity contribution in [1.29, 1.82) is 0 Å². The molecule has 0 amide bonds. The van der Waals surface area contributed by atoms with Gasteiger partial charge in [-0.05, 0) is 44.2 Å². The normalized spacial score (nSPS) is 27.8. The predicted octanol–water partition coefficient (Wildman–Crippen LogP) is 2.39. The van der Waals surface area contributed by atoms with Gasteiger partial charge in [0.2, 0.25) is 0 Å². The Morgan fingerprint density at radius 1 is 1.41 bits per heavy atom. The Morgan fingerprint density at radius 3 is 3.00 bits per heavy atom. The van der Waals surface area contributed by atoms with Crippen LogP contribution in [0.3, 0.4) is 0 Å². The molecule has 0 radical (unpaired) electrons. The summed E-state index contributed by atoms with van der Waals surface area (Å²) in [4.78, 5) is 4.78. The number of aryl methyl sites for hydroxylation is 1. The zero-order valence-corrected chi connectivity index (χ0v) is 11.4. The molecule has 2 heterocycles. The molecule has 2 atom stereocenters. The van der Waals surface area contributed by atoms with E-state index >= 15 is 0 Å². The van der Waals surface area contributed by atoms with Gasteiger partial charge in [-0.3, -0.25) is 0 Å². The van der Waals surface area contributed by atoms with Crippen molar-refractivity contribution in [3.8, 4) is 0 Å². The third kappa shape index (κ3) is 1.67. The van der Waals surface area contributed by atoms with E-state index in [0.717, 1.165) is 25.4 Å². The van der Waals surface area contributed by atoms with Crippen LogP contribution in [0.5, 0.6) is 0 Å². The molecule has 1 aromatic heterocycles. The maximum Gasteiger partial charge on any atom is 0.0291 e. The van der Waals surface area contributed by atoms with Gasteiger partial charge >= 0.3 is 0 Å². The minimum atomic E-state index is 0.590. The minimum absolute atomic E-state index is 0.590. The summed E-state index contributed by atoms with van der Waals surface area (Å²) in [5.74, 6) is 1.35. The molecule has 1 fully saturated rings. The standard InChI is InChI=1S/C14H20N2S/c1-3-10-8(2)16-12-6-9-4-5-15-7-11(9)14(17)13(10)12/h9,11,15-16H,3-7H2,1-2H3. The van der Waals surface area contributed by atoms with Crippen LogP contribution in [-0.2, 0) is 12.8 Å². The number of thiocarbonyl (C=S) groups is 1. The van der Waals surface area contributed by atoms with Gasteiger partial charge in [-0.1, -0.05) is 19.1 Å². The predicted molar refractivity (Wildman–Crippen MR) is 74.8 cm³/mol. The van der Waals surface area contributed by atoms with E-state index in [1.807, 2.05) is 0 Å². The molecule has 2 nitrogen and oxygen atoms in total. The molecule has 92 valence electrons. The van der Waals surface area contributed by atoms with Crippen LogP contribution in [0.15, 0.2) is 0 Å². The average molecular weight is 248 g/mol. The summed E-state index contributed by atoms with van der Waals surface area (Å²) < 4.78 is 0. The van der Waals surface area contributed by atoms with E-state index in [1.54, 1.807) is 0 Å². The summed E-state index contributed by atoms with van der Waals surface area (Å²) in [6, 6.07) is 0. The van der Waals surface area contributed by atoms with Crippen LogP contribution in [-0.4, -0.2) is 22.9 Å². The molecule has 1 aromatic rings. The van der Waals surface area contributed by atoms with Gasteiger partial charge in [0.15, 0.2) is 0 Å². The molecule has 3 rings (SSSR count). The Hall–Kier alpha value is -0.670. The summed E-state index contributed by atoms with van der Waals surface area (Å²) in [5.41, 5.74) is 5.58. The van der Waals surface area contributed by atoms with Crippen molar-refractivity contribution < 1.29 is 0 Å². The lowest BCUT2D eigenvalue weighted by Crippen LogP contribution is -2.44. The second kappa shape index (κ2) is 4.21. The van der Waals surface area contributed by atoms with Crippen LogP contribution < -0.4 is 5.32 Å². The summed E-state index contributed by atoms with van der Waals surface area (Å²) >= 11 is 5.77. The van der Waals surface area contributed by atoms with Crippen LogP contribution in [0.25, 0.3) is 0 Å². The van der Waals surface area contributed by atoms with Crippen molar-refractivity contribution >= 4 is 17.1 Å². The van der Waals surface area contributed by atoms with E-state index in [1.165, 1.54) is 40.2 Å². The molecular formula is C14H20N2S. The van der Waals surface area contributed by atoms with Gasteiger partial charge in [-0.2, -0.15) is 0 Å². The molecular weight excluding hydrogens is 228 g/mol. The smallest absolute Gasteiger partial charge is 0.0291 e. The fourth-order valence-electron chi connectivity index (χ4n) is 3.54. The van der Waals surface area contributed by atoms with Crippen molar-refractivity contribution in [3.05, 3.63) is 22.5 Å². The highest BCUT2D eigenvalue weighted by Gasteiger charge is 2.36. The number of fused-ring (bicyclic) bond motifs is 2. The van der Waals surface area contributed by atoms with E-state index in [9.17, 15) is 0 Å². The lowest BCUT2D eigenvalue weighted by molar-refractivity contribution is 0.311. The fraction of sp³-hybridized carbons (Fsp3) is 0.643. The maximum absolute atomic E-state index is 5.77. The van der Waals surface area contributed by atoms with Crippen molar-refractivity contribution in [2.75, 3.05) is 13.1 Å². The first kappa shape index (κ1) is 11.4. The minimum Gasteiger partial charge on any atom is -0.362 e. The number of hydrogen-bond acceptors (Lipinski definition) is 2. The number of H-pyrrole nitrogens is 1. The number of piperidine rings is 1. The van der Waals surface area contributed by atoms with Crippen LogP contribution in [0, 0.1) is 18.8 Å². The number of rotatable bonds is 1. The van der Waals surface area contributed by atoms with E-state index < -0.39 is 0 Å². The van der Waals surface area contributed by atoms with Gasteiger partial charge in [-0.25, -0.2) is 0 Å². The second-order valence-corrected chi connectivity index (χ2v) is 5.80.